The number of carbonyl (C=O) groups excluding carboxylic acids is 6. The van der Waals surface area contributed by atoms with E-state index in [0.717, 1.165) is 23.1 Å². The normalized spacial score (nSPS) is 14.9. The Labute approximate surface area is 418 Å². The van der Waals surface area contributed by atoms with Gasteiger partial charge in [0, 0.05) is 84.1 Å². The number of esters is 1. The van der Waals surface area contributed by atoms with E-state index in [1.807, 2.05) is 20.0 Å². The summed E-state index contributed by atoms with van der Waals surface area (Å²) in [7, 11) is -4.59. The van der Waals surface area contributed by atoms with Crippen LogP contribution in [0.4, 0.5) is 32.3 Å². The van der Waals surface area contributed by atoms with Gasteiger partial charge >= 0.3 is 18.2 Å². The Morgan fingerprint density at radius 1 is 0.699 bits per heavy atom. The monoisotopic (exact) mass is 1040 g/mol. The summed E-state index contributed by atoms with van der Waals surface area (Å²) in [5.41, 5.74) is 0.0169. The molecule has 2 aliphatic rings. The first kappa shape index (κ1) is 52.5. The molecule has 5 aromatic rings. The molecule has 0 aliphatic carbocycles. The minimum absolute atomic E-state index is 0.0128. The third-order valence-corrected chi connectivity index (χ3v) is 16.9. The molecule has 5 aromatic carbocycles. The van der Waals surface area contributed by atoms with Gasteiger partial charge < -0.3 is 24.8 Å². The van der Waals surface area contributed by atoms with E-state index in [1.165, 1.54) is 50.2 Å². The molecule has 0 bridgehead atoms. The standard InChI is InChI=1S/C49H48N6O16SSi/c1-7-18-50-44(57)30-9-16-40(54(62)63)32(21-30)26-69-47(60)52(3)34-11-14-38-42(24-34)73(5,6)43-25-35(12-15-39(43)49(38)37-13-8-29(28(2)56)23-36(37)46(59)71-49)53(4)48(61)70-27-33-22-31(10-17-41(33)55(64)65)45(58)51-19-20-72(66,67)68/h8-17,21-25H,7,18-20,26-27H2,1-6H3,(H,50,57)(H,51,58)(H,66,67,68). The van der Waals surface area contributed by atoms with Crippen molar-refractivity contribution in [3.8, 4) is 0 Å². The van der Waals surface area contributed by atoms with E-state index in [-0.39, 0.29) is 44.9 Å². The molecule has 1 unspecified atom stereocenters. The molecule has 7 rings (SSSR count). The smallest absolute Gasteiger partial charge is 0.414 e. The number of ketones is 1. The lowest BCUT2D eigenvalue weighted by Crippen LogP contribution is -2.63. The fourth-order valence-electron chi connectivity index (χ4n) is 8.77. The van der Waals surface area contributed by atoms with E-state index in [2.05, 4.69) is 10.6 Å². The Bertz CT molecular complexity index is 3290. The van der Waals surface area contributed by atoms with Crippen LogP contribution >= 0.6 is 0 Å². The van der Waals surface area contributed by atoms with Crippen molar-refractivity contribution in [2.24, 2.45) is 0 Å². The highest BCUT2D eigenvalue weighted by atomic mass is 32.2. The van der Waals surface area contributed by atoms with Gasteiger partial charge in [0.15, 0.2) is 11.4 Å². The van der Waals surface area contributed by atoms with Crippen molar-refractivity contribution >= 4 is 87.1 Å². The van der Waals surface area contributed by atoms with E-state index in [1.54, 1.807) is 48.5 Å². The van der Waals surface area contributed by atoms with Gasteiger partial charge in [-0.1, -0.05) is 44.3 Å². The maximum atomic E-state index is 14.0. The number of nitrogens with zero attached hydrogens (tertiary/aromatic N) is 4. The summed E-state index contributed by atoms with van der Waals surface area (Å²) in [4.78, 5) is 104. The number of anilines is 2. The van der Waals surface area contributed by atoms with E-state index >= 15 is 0 Å². The first-order valence-electron chi connectivity index (χ1n) is 22.5. The number of nitro groups is 2. The summed E-state index contributed by atoms with van der Waals surface area (Å²) < 4.78 is 48.8. The summed E-state index contributed by atoms with van der Waals surface area (Å²) >= 11 is 0. The van der Waals surface area contributed by atoms with Gasteiger partial charge in [0.1, 0.15) is 21.3 Å². The van der Waals surface area contributed by atoms with Gasteiger partial charge in [-0.25, -0.2) is 14.4 Å². The average molecular weight is 1040 g/mol. The zero-order valence-electron chi connectivity index (χ0n) is 40.2. The molecule has 2 aliphatic heterocycles. The second kappa shape index (κ2) is 20.4. The predicted octanol–water partition coefficient (Wildman–Crippen LogP) is 5.61. The third kappa shape index (κ3) is 10.4. The number of carbonyl (C=O) groups is 6. The van der Waals surface area contributed by atoms with E-state index in [9.17, 15) is 57.4 Å². The van der Waals surface area contributed by atoms with Crippen LogP contribution in [0.15, 0.2) is 91.0 Å². The molecule has 1 spiro atoms. The van der Waals surface area contributed by atoms with Crippen LogP contribution in [0.1, 0.15) is 89.5 Å². The van der Waals surface area contributed by atoms with Gasteiger partial charge in [-0.15, -0.1) is 0 Å². The summed E-state index contributed by atoms with van der Waals surface area (Å²) in [5, 5.41) is 30.2. The molecule has 0 aromatic heterocycles. The molecule has 0 fully saturated rings. The van der Waals surface area contributed by atoms with Crippen LogP contribution < -0.4 is 30.8 Å². The minimum atomic E-state index is -4.39. The SMILES string of the molecule is CCCNC(=O)c1ccc([N+](=O)[O-])c(COC(=O)N(C)c2ccc3c(c2)[Si](C)(C)c2cc(N(C)C(=O)OCc4cc(C(=O)NCCS(=O)(=O)O)ccc4[N+](=O)[O-])ccc2C32OC(=O)c3cc(C(C)=O)ccc32)c1. The Balaban J connectivity index is 1.22. The lowest BCUT2D eigenvalue weighted by molar-refractivity contribution is -0.386. The van der Waals surface area contributed by atoms with Crippen LogP contribution in [-0.2, 0) is 43.1 Å². The molecule has 0 radical (unpaired) electrons. The number of hydrogen-bond acceptors (Lipinski definition) is 15. The Morgan fingerprint density at radius 3 is 1.59 bits per heavy atom. The summed E-state index contributed by atoms with van der Waals surface area (Å²) in [5.74, 6) is -3.02. The van der Waals surface area contributed by atoms with Crippen molar-refractivity contribution in [1.82, 2.24) is 10.6 Å². The van der Waals surface area contributed by atoms with Gasteiger partial charge in [0.25, 0.3) is 33.3 Å². The summed E-state index contributed by atoms with van der Waals surface area (Å²) in [6.07, 6.45) is -1.19. The molecule has 73 heavy (non-hydrogen) atoms. The Kier molecular flexibility index (Phi) is 14.7. The fourth-order valence-corrected chi connectivity index (χ4v) is 12.3. The average Bonchev–Trinajstić information content (AvgIpc) is 3.65. The van der Waals surface area contributed by atoms with Crippen LogP contribution in [0.2, 0.25) is 13.1 Å². The van der Waals surface area contributed by atoms with Gasteiger partial charge in [-0.3, -0.25) is 49.0 Å². The number of amides is 4. The Hall–Kier alpha value is -8.35. The van der Waals surface area contributed by atoms with Crippen molar-refractivity contribution < 1.29 is 65.8 Å². The molecule has 2 heterocycles. The van der Waals surface area contributed by atoms with Gasteiger partial charge in [0.05, 0.1) is 32.3 Å². The van der Waals surface area contributed by atoms with Crippen molar-refractivity contribution in [2.75, 3.05) is 42.7 Å². The number of benzene rings is 5. The van der Waals surface area contributed by atoms with E-state index < -0.39 is 94.8 Å². The van der Waals surface area contributed by atoms with Crippen molar-refractivity contribution in [3.05, 3.63) is 161 Å². The molecule has 1 atom stereocenters. The molecule has 22 nitrogen and oxygen atoms in total. The molecule has 3 N–H and O–H groups in total. The lowest BCUT2D eigenvalue weighted by Gasteiger charge is -2.44. The zero-order chi connectivity index (χ0) is 53.3. The molecule has 380 valence electrons. The number of nitro benzene ring substituents is 2. The summed E-state index contributed by atoms with van der Waals surface area (Å²) in [6, 6.07) is 21.9. The molecule has 0 saturated carbocycles. The molecular formula is C49H48N6O16SSi. The van der Waals surface area contributed by atoms with Crippen molar-refractivity contribution in [1.29, 1.82) is 0 Å². The van der Waals surface area contributed by atoms with Gasteiger partial charge in [-0.05, 0) is 78.3 Å². The summed E-state index contributed by atoms with van der Waals surface area (Å²) in [6.45, 7) is 5.97. The van der Waals surface area contributed by atoms with Crippen LogP contribution in [-0.4, -0.2) is 99.6 Å². The van der Waals surface area contributed by atoms with E-state index in [4.69, 9.17) is 18.8 Å². The van der Waals surface area contributed by atoms with E-state index in [0.29, 0.717) is 51.4 Å². The molecule has 0 saturated heterocycles. The molecular weight excluding hydrogens is 989 g/mol. The highest BCUT2D eigenvalue weighted by molar-refractivity contribution is 7.85. The van der Waals surface area contributed by atoms with Crippen LogP contribution in [0.5, 0.6) is 0 Å². The number of ether oxygens (including phenoxy) is 3. The van der Waals surface area contributed by atoms with Gasteiger partial charge in [0.2, 0.25) is 0 Å². The van der Waals surface area contributed by atoms with Crippen LogP contribution in [0.3, 0.4) is 0 Å². The topological polar surface area (TPSA) is 301 Å². The third-order valence-electron chi connectivity index (χ3n) is 12.7. The first-order chi connectivity index (χ1) is 34.4. The quantitative estimate of drug-likeness (QED) is 0.0206. The fraction of sp³-hybridized carbons (Fsp3) is 0.265. The minimum Gasteiger partial charge on any atom is -0.444 e. The predicted molar refractivity (Wildman–Crippen MR) is 266 cm³/mol. The van der Waals surface area contributed by atoms with Crippen LogP contribution in [0, 0.1) is 20.2 Å². The maximum Gasteiger partial charge on any atom is 0.414 e. The number of Topliss-reactive ketones (excluding diaryl/α,β-unsaturated/α-hetero) is 1. The molecule has 24 heteroatoms. The van der Waals surface area contributed by atoms with Gasteiger partial charge in [-0.2, -0.15) is 8.42 Å². The zero-order valence-corrected chi connectivity index (χ0v) is 42.0. The number of rotatable bonds is 16. The highest BCUT2D eigenvalue weighted by Crippen LogP contribution is 2.49. The first-order valence-corrected chi connectivity index (χ1v) is 27.1. The number of nitrogens with one attached hydrogen (secondary N) is 2. The second-order valence-electron chi connectivity index (χ2n) is 17.7. The maximum absolute atomic E-state index is 14.0. The highest BCUT2D eigenvalue weighted by Gasteiger charge is 2.56. The second-order valence-corrected chi connectivity index (χ2v) is 23.6. The lowest BCUT2D eigenvalue weighted by atomic mass is 9.78. The molecule has 4 amide bonds. The number of fused-ring (bicyclic) bond motifs is 6. The number of hydrogen-bond donors (Lipinski definition) is 3. The Morgan fingerprint density at radius 2 is 1.15 bits per heavy atom. The van der Waals surface area contributed by atoms with Crippen molar-refractivity contribution in [2.45, 2.75) is 52.2 Å². The van der Waals surface area contributed by atoms with Crippen LogP contribution in [0.25, 0.3) is 0 Å². The largest absolute Gasteiger partial charge is 0.444 e. The van der Waals surface area contributed by atoms with Crippen molar-refractivity contribution in [3.63, 3.8) is 0 Å².